The van der Waals surface area contributed by atoms with Crippen molar-refractivity contribution in [1.29, 1.82) is 0 Å². The summed E-state index contributed by atoms with van der Waals surface area (Å²) in [5, 5.41) is 21.5. The second-order valence-corrected chi connectivity index (χ2v) is 11.4. The van der Waals surface area contributed by atoms with E-state index in [0.29, 0.717) is 11.5 Å². The predicted octanol–water partition coefficient (Wildman–Crippen LogP) is 3.31. The lowest BCUT2D eigenvalue weighted by molar-refractivity contribution is -0.142. The molecule has 4 aliphatic rings. The van der Waals surface area contributed by atoms with Crippen LogP contribution in [0.4, 0.5) is 0 Å². The van der Waals surface area contributed by atoms with Gasteiger partial charge in [-0.2, -0.15) is 0 Å². The van der Waals surface area contributed by atoms with Crippen molar-refractivity contribution in [2.75, 3.05) is 6.61 Å². The third kappa shape index (κ3) is 3.41. The highest BCUT2D eigenvalue weighted by molar-refractivity contribution is 6.05. The molecule has 2 N–H and O–H groups in total. The molecule has 0 aromatic heterocycles. The predicted molar refractivity (Wildman–Crippen MR) is 121 cm³/mol. The standard InChI is InChI=1S/C27H34O6/c1-15-13-27(33-24(31)16-8-6-5-7-9-16)20(21(15)29)23-26(4,32-23)11-10-18-19(25(18,2)3)12-17(14-28)22(27)30/h5-9,12,15,18-21,23,28-29H,10-11,13-14H2,1-4H3. The van der Waals surface area contributed by atoms with E-state index in [4.69, 9.17) is 9.47 Å². The van der Waals surface area contributed by atoms with Gasteiger partial charge < -0.3 is 19.7 Å². The minimum Gasteiger partial charge on any atom is -0.447 e. The van der Waals surface area contributed by atoms with Gasteiger partial charge in [0.1, 0.15) is 0 Å². The molecule has 6 heteroatoms. The maximum atomic E-state index is 14.1. The highest BCUT2D eigenvalue weighted by atomic mass is 16.6. The van der Waals surface area contributed by atoms with Crippen molar-refractivity contribution in [3.05, 3.63) is 47.5 Å². The van der Waals surface area contributed by atoms with E-state index in [9.17, 15) is 19.8 Å². The third-order valence-electron chi connectivity index (χ3n) is 8.98. The van der Waals surface area contributed by atoms with Crippen LogP contribution in [-0.2, 0) is 14.3 Å². The molecule has 1 aromatic rings. The maximum absolute atomic E-state index is 14.1. The Kier molecular flexibility index (Phi) is 5.16. The Morgan fingerprint density at radius 1 is 1.21 bits per heavy atom. The average molecular weight is 455 g/mol. The Morgan fingerprint density at radius 2 is 1.91 bits per heavy atom. The molecular formula is C27H34O6. The Hall–Kier alpha value is -2.02. The molecular weight excluding hydrogens is 420 g/mol. The molecule has 1 aromatic carbocycles. The Labute approximate surface area is 195 Å². The topological polar surface area (TPSA) is 96.4 Å². The van der Waals surface area contributed by atoms with Crippen molar-refractivity contribution < 1.29 is 29.3 Å². The van der Waals surface area contributed by atoms with Gasteiger partial charge in [-0.1, -0.05) is 45.0 Å². The highest BCUT2D eigenvalue weighted by Crippen LogP contribution is 2.64. The fourth-order valence-corrected chi connectivity index (χ4v) is 6.70. The highest BCUT2D eigenvalue weighted by Gasteiger charge is 2.71. The molecule has 178 valence electrons. The van der Waals surface area contributed by atoms with Gasteiger partial charge in [-0.05, 0) is 55.1 Å². The van der Waals surface area contributed by atoms with E-state index in [2.05, 4.69) is 13.8 Å². The summed E-state index contributed by atoms with van der Waals surface area (Å²) in [6.45, 7) is 7.85. The number of ether oxygens (including phenoxy) is 2. The molecule has 3 aliphatic carbocycles. The molecule has 0 amide bonds. The van der Waals surface area contributed by atoms with Crippen LogP contribution in [-0.4, -0.2) is 52.0 Å². The Balaban J connectivity index is 1.62. The molecule has 5 rings (SSSR count). The fourth-order valence-electron chi connectivity index (χ4n) is 6.70. The van der Waals surface area contributed by atoms with Crippen molar-refractivity contribution in [3.63, 3.8) is 0 Å². The van der Waals surface area contributed by atoms with Gasteiger partial charge in [0.2, 0.25) is 5.78 Å². The van der Waals surface area contributed by atoms with Gasteiger partial charge in [-0.25, -0.2) is 4.79 Å². The largest absolute Gasteiger partial charge is 0.447 e. The number of carbonyl (C=O) groups is 2. The van der Waals surface area contributed by atoms with Gasteiger partial charge in [0.25, 0.3) is 0 Å². The van der Waals surface area contributed by atoms with Gasteiger partial charge in [0.05, 0.1) is 35.9 Å². The molecule has 0 bridgehead atoms. The number of carbonyl (C=O) groups excluding carboxylic acids is 2. The summed E-state index contributed by atoms with van der Waals surface area (Å²) in [7, 11) is 0. The van der Waals surface area contributed by atoms with Crippen molar-refractivity contribution >= 4 is 11.8 Å². The first-order valence-electron chi connectivity index (χ1n) is 12.1. The molecule has 1 heterocycles. The van der Waals surface area contributed by atoms with Crippen molar-refractivity contribution in [3.8, 4) is 0 Å². The molecule has 8 unspecified atom stereocenters. The van der Waals surface area contributed by atoms with Crippen LogP contribution in [0.1, 0.15) is 57.3 Å². The number of allylic oxidation sites excluding steroid dienone is 1. The minimum atomic E-state index is -1.58. The molecule has 33 heavy (non-hydrogen) atoms. The van der Waals surface area contributed by atoms with E-state index in [0.717, 1.165) is 12.8 Å². The van der Waals surface area contributed by atoms with Crippen LogP contribution in [0.2, 0.25) is 0 Å². The molecule has 2 saturated carbocycles. The van der Waals surface area contributed by atoms with Gasteiger partial charge in [-0.15, -0.1) is 0 Å². The molecule has 1 saturated heterocycles. The SMILES string of the molecule is CC1CC2(OC(=O)c3ccccc3)C(=O)C(CO)=CC3C(CCC4(C)OC4C2C1O)C3(C)C. The van der Waals surface area contributed by atoms with Gasteiger partial charge in [-0.3, -0.25) is 4.79 Å². The van der Waals surface area contributed by atoms with Crippen molar-refractivity contribution in [2.24, 2.45) is 29.1 Å². The van der Waals surface area contributed by atoms with Crippen LogP contribution in [0.3, 0.4) is 0 Å². The van der Waals surface area contributed by atoms with Crippen LogP contribution < -0.4 is 0 Å². The Bertz CT molecular complexity index is 999. The quantitative estimate of drug-likeness (QED) is 0.537. The lowest BCUT2D eigenvalue weighted by Gasteiger charge is -2.35. The fraction of sp³-hybridized carbons (Fsp3) is 0.630. The van der Waals surface area contributed by atoms with E-state index in [1.54, 1.807) is 30.3 Å². The van der Waals surface area contributed by atoms with E-state index < -0.39 is 41.6 Å². The molecule has 0 radical (unpaired) electrons. The first kappa shape index (κ1) is 22.8. The second kappa shape index (κ2) is 7.49. The zero-order valence-corrected chi connectivity index (χ0v) is 19.8. The van der Waals surface area contributed by atoms with Crippen LogP contribution >= 0.6 is 0 Å². The van der Waals surface area contributed by atoms with Crippen LogP contribution in [0.5, 0.6) is 0 Å². The number of rotatable bonds is 3. The molecule has 6 nitrogen and oxygen atoms in total. The third-order valence-corrected chi connectivity index (χ3v) is 8.98. The summed E-state index contributed by atoms with van der Waals surface area (Å²) in [5.41, 5.74) is -1.39. The lowest BCUT2D eigenvalue weighted by atomic mass is 9.77. The second-order valence-electron chi connectivity index (χ2n) is 11.4. The van der Waals surface area contributed by atoms with Crippen molar-refractivity contribution in [2.45, 2.75) is 70.4 Å². The Morgan fingerprint density at radius 3 is 2.58 bits per heavy atom. The van der Waals surface area contributed by atoms with Crippen LogP contribution in [0, 0.1) is 29.1 Å². The van der Waals surface area contributed by atoms with Crippen molar-refractivity contribution in [1.82, 2.24) is 0 Å². The van der Waals surface area contributed by atoms with E-state index >= 15 is 0 Å². The number of benzene rings is 1. The average Bonchev–Trinajstić information content (AvgIpc) is 3.56. The minimum absolute atomic E-state index is 0.0381. The zero-order valence-electron chi connectivity index (χ0n) is 19.8. The number of ketones is 1. The van der Waals surface area contributed by atoms with E-state index in [1.165, 1.54) is 0 Å². The first-order chi connectivity index (χ1) is 15.5. The number of aliphatic hydroxyl groups excluding tert-OH is 2. The number of aliphatic hydroxyl groups is 2. The normalized spacial score (nSPS) is 43.3. The number of hydrogen-bond acceptors (Lipinski definition) is 6. The van der Waals surface area contributed by atoms with E-state index in [1.807, 2.05) is 19.9 Å². The maximum Gasteiger partial charge on any atom is 0.339 e. The zero-order chi connectivity index (χ0) is 23.8. The molecule has 0 spiro atoms. The lowest BCUT2D eigenvalue weighted by Crippen LogP contribution is -2.52. The molecule has 1 aliphatic heterocycles. The first-order valence-corrected chi connectivity index (χ1v) is 12.1. The number of fused-ring (bicyclic) bond motifs is 4. The summed E-state index contributed by atoms with van der Waals surface area (Å²) in [6.07, 6.45) is 2.63. The van der Waals surface area contributed by atoms with Gasteiger partial charge >= 0.3 is 5.97 Å². The molecule has 8 atom stereocenters. The summed E-state index contributed by atoms with van der Waals surface area (Å²) in [5.74, 6) is -1.37. The molecule has 3 fully saturated rings. The van der Waals surface area contributed by atoms with Gasteiger partial charge in [0.15, 0.2) is 5.60 Å². The smallest absolute Gasteiger partial charge is 0.339 e. The summed E-state index contributed by atoms with van der Waals surface area (Å²) in [4.78, 5) is 27.4. The van der Waals surface area contributed by atoms with Crippen LogP contribution in [0.15, 0.2) is 42.0 Å². The number of hydrogen-bond donors (Lipinski definition) is 2. The van der Waals surface area contributed by atoms with Gasteiger partial charge in [0, 0.05) is 12.0 Å². The summed E-state index contributed by atoms with van der Waals surface area (Å²) in [6, 6.07) is 8.59. The van der Waals surface area contributed by atoms with Crippen LogP contribution in [0.25, 0.3) is 0 Å². The number of esters is 1. The number of Topliss-reactive ketones (excluding diaryl/α,β-unsaturated/α-hetero) is 1. The monoisotopic (exact) mass is 454 g/mol. The summed E-state index contributed by atoms with van der Waals surface area (Å²) >= 11 is 0. The summed E-state index contributed by atoms with van der Waals surface area (Å²) < 4.78 is 12.3. The van der Waals surface area contributed by atoms with E-state index in [-0.39, 0.29) is 35.3 Å². The number of epoxide rings is 1.